The SMILES string of the molecule is CC(=O)Nc1ccc(NC(=O)Cn2nc(C)cc2C(F)(F)F)cc1. The molecule has 0 radical (unpaired) electrons. The third kappa shape index (κ3) is 4.58. The molecule has 128 valence electrons. The van der Waals surface area contributed by atoms with Crippen LogP contribution in [0.3, 0.4) is 0 Å². The number of rotatable bonds is 4. The van der Waals surface area contributed by atoms with Crippen LogP contribution in [0.5, 0.6) is 0 Å². The molecule has 24 heavy (non-hydrogen) atoms. The second kappa shape index (κ2) is 6.73. The van der Waals surface area contributed by atoms with E-state index in [1.165, 1.54) is 26.0 Å². The van der Waals surface area contributed by atoms with Crippen molar-refractivity contribution in [2.45, 2.75) is 26.6 Å². The van der Waals surface area contributed by atoms with E-state index in [4.69, 9.17) is 0 Å². The van der Waals surface area contributed by atoms with Gasteiger partial charge in [0.15, 0.2) is 0 Å². The average Bonchev–Trinajstić information content (AvgIpc) is 2.81. The molecule has 0 aliphatic rings. The minimum absolute atomic E-state index is 0.176. The zero-order valence-electron chi connectivity index (χ0n) is 12.9. The quantitative estimate of drug-likeness (QED) is 0.899. The van der Waals surface area contributed by atoms with E-state index in [1.54, 1.807) is 12.1 Å². The highest BCUT2D eigenvalue weighted by molar-refractivity contribution is 5.92. The Morgan fingerprint density at radius 2 is 1.67 bits per heavy atom. The third-order valence-corrected chi connectivity index (χ3v) is 2.97. The van der Waals surface area contributed by atoms with E-state index in [0.29, 0.717) is 16.1 Å². The second-order valence-corrected chi connectivity index (χ2v) is 5.13. The molecule has 1 aromatic carbocycles. The van der Waals surface area contributed by atoms with Gasteiger partial charge in [0.05, 0.1) is 5.69 Å². The highest BCUT2D eigenvalue weighted by atomic mass is 19.4. The lowest BCUT2D eigenvalue weighted by molar-refractivity contribution is -0.144. The summed E-state index contributed by atoms with van der Waals surface area (Å²) in [4.78, 5) is 22.8. The van der Waals surface area contributed by atoms with E-state index in [1.807, 2.05) is 0 Å². The number of amides is 2. The van der Waals surface area contributed by atoms with Crippen molar-refractivity contribution in [3.63, 3.8) is 0 Å². The standard InChI is InChI=1S/C15H15F3N4O2/c1-9-7-13(15(16,17)18)22(21-9)8-14(24)20-12-5-3-11(4-6-12)19-10(2)23/h3-7H,8H2,1-2H3,(H,19,23)(H,20,24). The molecule has 2 aromatic rings. The van der Waals surface area contributed by atoms with Crippen LogP contribution in [0.25, 0.3) is 0 Å². The molecule has 2 amide bonds. The number of carbonyl (C=O) groups is 2. The topological polar surface area (TPSA) is 76.0 Å². The van der Waals surface area contributed by atoms with Gasteiger partial charge in [-0.2, -0.15) is 18.3 Å². The van der Waals surface area contributed by atoms with Gasteiger partial charge in [-0.1, -0.05) is 0 Å². The highest BCUT2D eigenvalue weighted by Crippen LogP contribution is 2.29. The van der Waals surface area contributed by atoms with Crippen LogP contribution in [0.1, 0.15) is 18.3 Å². The van der Waals surface area contributed by atoms with Crippen LogP contribution in [-0.4, -0.2) is 21.6 Å². The molecule has 1 heterocycles. The number of nitrogens with zero attached hydrogens (tertiary/aromatic N) is 2. The number of carbonyl (C=O) groups excluding carboxylic acids is 2. The Morgan fingerprint density at radius 3 is 2.17 bits per heavy atom. The molecule has 0 fully saturated rings. The van der Waals surface area contributed by atoms with Crippen LogP contribution < -0.4 is 10.6 Å². The summed E-state index contributed by atoms with van der Waals surface area (Å²) in [5.74, 6) is -0.878. The van der Waals surface area contributed by atoms with Gasteiger partial charge in [-0.15, -0.1) is 0 Å². The van der Waals surface area contributed by atoms with E-state index >= 15 is 0 Å². The van der Waals surface area contributed by atoms with Crippen LogP contribution in [0.4, 0.5) is 24.5 Å². The van der Waals surface area contributed by atoms with Crippen LogP contribution in [0, 0.1) is 6.92 Å². The molecule has 0 bridgehead atoms. The Hall–Kier alpha value is -2.84. The fourth-order valence-corrected chi connectivity index (χ4v) is 2.07. The molecule has 0 aliphatic heterocycles. The summed E-state index contributed by atoms with van der Waals surface area (Å²) in [6.07, 6.45) is -4.58. The van der Waals surface area contributed by atoms with Crippen LogP contribution >= 0.6 is 0 Å². The number of aromatic nitrogens is 2. The maximum absolute atomic E-state index is 12.9. The molecule has 2 N–H and O–H groups in total. The van der Waals surface area contributed by atoms with Gasteiger partial charge in [0.2, 0.25) is 11.8 Å². The zero-order chi connectivity index (χ0) is 17.9. The summed E-state index contributed by atoms with van der Waals surface area (Å²) in [6.45, 7) is 2.22. The number of benzene rings is 1. The van der Waals surface area contributed by atoms with Gasteiger partial charge >= 0.3 is 6.18 Å². The summed E-state index contributed by atoms with van der Waals surface area (Å²) in [7, 11) is 0. The van der Waals surface area contributed by atoms with E-state index in [-0.39, 0.29) is 11.6 Å². The number of anilines is 2. The monoisotopic (exact) mass is 340 g/mol. The molecule has 0 atom stereocenters. The van der Waals surface area contributed by atoms with E-state index in [2.05, 4.69) is 15.7 Å². The molecular formula is C15H15F3N4O2. The number of hydrogen-bond donors (Lipinski definition) is 2. The van der Waals surface area contributed by atoms with Gasteiger partial charge in [-0.3, -0.25) is 14.3 Å². The molecule has 0 saturated carbocycles. The van der Waals surface area contributed by atoms with Crippen molar-refractivity contribution in [3.05, 3.63) is 41.7 Å². The fraction of sp³-hybridized carbons (Fsp3) is 0.267. The van der Waals surface area contributed by atoms with Gasteiger partial charge in [0, 0.05) is 18.3 Å². The zero-order valence-corrected chi connectivity index (χ0v) is 12.9. The maximum atomic E-state index is 12.9. The average molecular weight is 340 g/mol. The second-order valence-electron chi connectivity index (χ2n) is 5.13. The minimum Gasteiger partial charge on any atom is -0.326 e. The maximum Gasteiger partial charge on any atom is 0.433 e. The smallest absolute Gasteiger partial charge is 0.326 e. The normalized spacial score (nSPS) is 11.2. The molecule has 9 heteroatoms. The summed E-state index contributed by atoms with van der Waals surface area (Å²) in [5.41, 5.74) is 0.139. The van der Waals surface area contributed by atoms with Crippen molar-refractivity contribution in [2.24, 2.45) is 0 Å². The van der Waals surface area contributed by atoms with E-state index in [9.17, 15) is 22.8 Å². The van der Waals surface area contributed by atoms with Gasteiger partial charge in [-0.25, -0.2) is 0 Å². The van der Waals surface area contributed by atoms with Crippen molar-refractivity contribution in [3.8, 4) is 0 Å². The van der Waals surface area contributed by atoms with Crippen LogP contribution in [0.2, 0.25) is 0 Å². The minimum atomic E-state index is -4.58. The summed E-state index contributed by atoms with van der Waals surface area (Å²) < 4.78 is 39.2. The lowest BCUT2D eigenvalue weighted by atomic mass is 10.2. The van der Waals surface area contributed by atoms with E-state index < -0.39 is 24.3 Å². The number of hydrogen-bond acceptors (Lipinski definition) is 3. The predicted octanol–water partition coefficient (Wildman–Crippen LogP) is 2.81. The molecule has 0 unspecified atom stereocenters. The fourth-order valence-electron chi connectivity index (χ4n) is 2.07. The van der Waals surface area contributed by atoms with Gasteiger partial charge < -0.3 is 10.6 Å². The molecule has 6 nitrogen and oxygen atoms in total. The number of halogens is 3. The Balaban J connectivity index is 2.05. The number of aryl methyl sites for hydroxylation is 1. The first kappa shape index (κ1) is 17.5. The molecular weight excluding hydrogens is 325 g/mol. The summed E-state index contributed by atoms with van der Waals surface area (Å²) in [5, 5.41) is 8.73. The Kier molecular flexibility index (Phi) is 4.91. The molecule has 1 aromatic heterocycles. The first-order valence-electron chi connectivity index (χ1n) is 6.94. The first-order chi connectivity index (χ1) is 11.1. The lowest BCUT2D eigenvalue weighted by Gasteiger charge is -2.11. The Bertz CT molecular complexity index is 751. The van der Waals surface area contributed by atoms with E-state index in [0.717, 1.165) is 6.07 Å². The summed E-state index contributed by atoms with van der Waals surface area (Å²) >= 11 is 0. The van der Waals surface area contributed by atoms with Gasteiger partial charge in [0.1, 0.15) is 12.2 Å². The highest BCUT2D eigenvalue weighted by Gasteiger charge is 2.35. The van der Waals surface area contributed by atoms with Crippen molar-refractivity contribution in [1.29, 1.82) is 0 Å². The molecule has 0 saturated heterocycles. The van der Waals surface area contributed by atoms with Crippen molar-refractivity contribution >= 4 is 23.2 Å². The first-order valence-corrected chi connectivity index (χ1v) is 6.94. The lowest BCUT2D eigenvalue weighted by Crippen LogP contribution is -2.23. The number of nitrogens with one attached hydrogen (secondary N) is 2. The third-order valence-electron chi connectivity index (χ3n) is 2.97. The van der Waals surface area contributed by atoms with Crippen molar-refractivity contribution < 1.29 is 22.8 Å². The Morgan fingerprint density at radius 1 is 1.12 bits per heavy atom. The molecule has 2 rings (SSSR count). The van der Waals surface area contributed by atoms with Crippen LogP contribution in [-0.2, 0) is 22.3 Å². The van der Waals surface area contributed by atoms with Gasteiger partial charge in [0.25, 0.3) is 0 Å². The van der Waals surface area contributed by atoms with Gasteiger partial charge in [-0.05, 0) is 37.3 Å². The number of alkyl halides is 3. The molecule has 0 spiro atoms. The van der Waals surface area contributed by atoms with Crippen molar-refractivity contribution in [1.82, 2.24) is 9.78 Å². The largest absolute Gasteiger partial charge is 0.433 e. The Labute approximate surface area is 135 Å². The summed E-state index contributed by atoms with van der Waals surface area (Å²) in [6, 6.07) is 7.08. The van der Waals surface area contributed by atoms with Crippen molar-refractivity contribution in [2.75, 3.05) is 10.6 Å². The predicted molar refractivity (Wildman–Crippen MR) is 81.3 cm³/mol. The molecule has 0 aliphatic carbocycles. The van der Waals surface area contributed by atoms with Crippen LogP contribution in [0.15, 0.2) is 30.3 Å².